The summed E-state index contributed by atoms with van der Waals surface area (Å²) in [7, 11) is 3.13. The topological polar surface area (TPSA) is 66.9 Å². The number of hydrogen-bond acceptors (Lipinski definition) is 7. The molecule has 1 aliphatic heterocycles. The van der Waals surface area contributed by atoms with Crippen molar-refractivity contribution in [2.45, 2.75) is 0 Å². The van der Waals surface area contributed by atoms with Gasteiger partial charge in [0.1, 0.15) is 17.0 Å². The van der Waals surface area contributed by atoms with E-state index in [9.17, 15) is 4.79 Å². The fraction of sp³-hybridized carbons (Fsp3) is 0.364. The number of methoxy groups -OCH3 is 2. The lowest BCUT2D eigenvalue weighted by molar-refractivity contribution is 0.0944. The first-order valence-electron chi connectivity index (χ1n) is 10.1. The molecule has 3 aromatic rings. The van der Waals surface area contributed by atoms with Crippen molar-refractivity contribution in [3.8, 4) is 11.5 Å². The third-order valence-corrected chi connectivity index (χ3v) is 6.75. The molecule has 0 bridgehead atoms. The average Bonchev–Trinajstić information content (AvgIpc) is 3.25. The van der Waals surface area contributed by atoms with E-state index in [1.54, 1.807) is 43.8 Å². The summed E-state index contributed by atoms with van der Waals surface area (Å²) in [5.74, 6) is 1.01. The number of nitrogens with one attached hydrogen (secondary N) is 1. The molecular weight excluding hydrogens is 436 g/mol. The van der Waals surface area contributed by atoms with Gasteiger partial charge in [0.05, 0.1) is 29.5 Å². The van der Waals surface area contributed by atoms with Gasteiger partial charge in [-0.15, -0.1) is 0 Å². The van der Waals surface area contributed by atoms with Gasteiger partial charge >= 0.3 is 0 Å². The molecule has 1 amide bonds. The molecule has 2 heterocycles. The molecule has 1 aromatic heterocycles. The van der Waals surface area contributed by atoms with Crippen molar-refractivity contribution < 1.29 is 14.3 Å². The summed E-state index contributed by atoms with van der Waals surface area (Å²) in [6.07, 6.45) is 0. The number of piperazine rings is 1. The molecule has 0 atom stereocenters. The lowest BCUT2D eigenvalue weighted by Gasteiger charge is -2.34. The third-order valence-electron chi connectivity index (χ3n) is 5.37. The third kappa shape index (κ3) is 4.87. The zero-order valence-corrected chi connectivity index (χ0v) is 19.1. The SMILES string of the molecule is COc1ccc(C(=O)NCCN2CCN(c3nc4c(Cl)cccc4s3)CC2)c(OC)c1. The van der Waals surface area contributed by atoms with Crippen LogP contribution in [0, 0.1) is 0 Å². The molecular formula is C22H25ClN4O3S. The minimum absolute atomic E-state index is 0.149. The Morgan fingerprint density at radius 3 is 2.68 bits per heavy atom. The van der Waals surface area contributed by atoms with E-state index in [1.807, 2.05) is 12.1 Å². The minimum Gasteiger partial charge on any atom is -0.497 e. The average molecular weight is 461 g/mol. The number of aromatic nitrogens is 1. The lowest BCUT2D eigenvalue weighted by atomic mass is 10.1. The second-order valence-corrected chi connectivity index (χ2v) is 8.65. The summed E-state index contributed by atoms with van der Waals surface area (Å²) in [4.78, 5) is 21.9. The van der Waals surface area contributed by atoms with Crippen LogP contribution in [0.5, 0.6) is 11.5 Å². The van der Waals surface area contributed by atoms with E-state index in [1.165, 1.54) is 0 Å². The first-order chi connectivity index (χ1) is 15.1. The Balaban J connectivity index is 1.27. The molecule has 1 aliphatic rings. The summed E-state index contributed by atoms with van der Waals surface area (Å²) in [5.41, 5.74) is 1.38. The largest absolute Gasteiger partial charge is 0.497 e. The molecule has 164 valence electrons. The quantitative estimate of drug-likeness (QED) is 0.582. The number of thiazole rings is 1. The zero-order chi connectivity index (χ0) is 21.8. The van der Waals surface area contributed by atoms with E-state index in [0.29, 0.717) is 28.6 Å². The first-order valence-corrected chi connectivity index (χ1v) is 11.3. The number of carbonyl (C=O) groups is 1. The number of benzene rings is 2. The van der Waals surface area contributed by atoms with E-state index in [-0.39, 0.29) is 5.91 Å². The number of carbonyl (C=O) groups excluding carboxylic acids is 1. The van der Waals surface area contributed by atoms with Crippen LogP contribution >= 0.6 is 22.9 Å². The standard InChI is InChI=1S/C22H25ClN4O3S/c1-29-15-6-7-16(18(14-15)30-2)21(28)24-8-9-26-10-12-27(13-11-26)22-25-20-17(23)4-3-5-19(20)31-22/h3-7,14H,8-13H2,1-2H3,(H,24,28). The van der Waals surface area contributed by atoms with Gasteiger partial charge < -0.3 is 19.7 Å². The van der Waals surface area contributed by atoms with E-state index in [0.717, 1.165) is 48.1 Å². The Morgan fingerprint density at radius 1 is 1.16 bits per heavy atom. The summed E-state index contributed by atoms with van der Waals surface area (Å²) >= 11 is 7.94. The van der Waals surface area contributed by atoms with E-state index < -0.39 is 0 Å². The van der Waals surface area contributed by atoms with Crippen LogP contribution < -0.4 is 19.7 Å². The Morgan fingerprint density at radius 2 is 1.97 bits per heavy atom. The molecule has 1 N–H and O–H groups in total. The number of amides is 1. The molecule has 9 heteroatoms. The number of para-hydroxylation sites is 1. The highest BCUT2D eigenvalue weighted by Crippen LogP contribution is 2.33. The number of nitrogens with zero attached hydrogens (tertiary/aromatic N) is 3. The fourth-order valence-electron chi connectivity index (χ4n) is 3.61. The predicted octanol–water partition coefficient (Wildman–Crippen LogP) is 3.52. The van der Waals surface area contributed by atoms with Crippen LogP contribution in [0.25, 0.3) is 10.2 Å². The minimum atomic E-state index is -0.149. The number of halogens is 1. The van der Waals surface area contributed by atoms with Crippen molar-refractivity contribution in [1.82, 2.24) is 15.2 Å². The highest BCUT2D eigenvalue weighted by Gasteiger charge is 2.20. The van der Waals surface area contributed by atoms with Crippen LogP contribution in [-0.4, -0.2) is 69.3 Å². The molecule has 4 rings (SSSR count). The molecule has 0 unspecified atom stereocenters. The molecule has 7 nitrogen and oxygen atoms in total. The van der Waals surface area contributed by atoms with Crippen molar-refractivity contribution in [3.05, 3.63) is 47.0 Å². The van der Waals surface area contributed by atoms with Gasteiger partial charge in [-0.2, -0.15) is 0 Å². The molecule has 1 saturated heterocycles. The van der Waals surface area contributed by atoms with E-state index >= 15 is 0 Å². The second kappa shape index (κ2) is 9.72. The van der Waals surface area contributed by atoms with Crippen molar-refractivity contribution in [1.29, 1.82) is 0 Å². The van der Waals surface area contributed by atoms with Crippen LogP contribution in [0.15, 0.2) is 36.4 Å². The number of rotatable bonds is 7. The summed E-state index contributed by atoms with van der Waals surface area (Å²) < 4.78 is 11.6. The van der Waals surface area contributed by atoms with Crippen molar-refractivity contribution >= 4 is 44.2 Å². The van der Waals surface area contributed by atoms with Gasteiger partial charge in [-0.3, -0.25) is 9.69 Å². The Labute approximate surface area is 190 Å². The van der Waals surface area contributed by atoms with Gasteiger partial charge in [0, 0.05) is 45.3 Å². The normalized spacial score (nSPS) is 14.6. The molecule has 1 fully saturated rings. The number of anilines is 1. The maximum atomic E-state index is 12.5. The molecule has 0 aliphatic carbocycles. The highest BCUT2D eigenvalue weighted by molar-refractivity contribution is 7.22. The van der Waals surface area contributed by atoms with Gasteiger partial charge in [0.25, 0.3) is 5.91 Å². The van der Waals surface area contributed by atoms with Crippen molar-refractivity contribution in [2.75, 3.05) is 58.4 Å². The highest BCUT2D eigenvalue weighted by atomic mass is 35.5. The molecule has 31 heavy (non-hydrogen) atoms. The van der Waals surface area contributed by atoms with Crippen LogP contribution in [0.1, 0.15) is 10.4 Å². The zero-order valence-electron chi connectivity index (χ0n) is 17.6. The van der Waals surface area contributed by atoms with Crippen LogP contribution in [0.4, 0.5) is 5.13 Å². The molecule has 0 radical (unpaired) electrons. The summed E-state index contributed by atoms with van der Waals surface area (Å²) in [6.45, 7) is 5.01. The summed E-state index contributed by atoms with van der Waals surface area (Å²) in [6, 6.07) is 11.1. The van der Waals surface area contributed by atoms with Crippen LogP contribution in [0.3, 0.4) is 0 Å². The van der Waals surface area contributed by atoms with Gasteiger partial charge in [0.15, 0.2) is 5.13 Å². The van der Waals surface area contributed by atoms with E-state index in [4.69, 9.17) is 26.1 Å². The maximum absolute atomic E-state index is 12.5. The van der Waals surface area contributed by atoms with Crippen LogP contribution in [-0.2, 0) is 0 Å². The Bertz CT molecular complexity index is 1070. The lowest BCUT2D eigenvalue weighted by Crippen LogP contribution is -2.48. The van der Waals surface area contributed by atoms with Crippen LogP contribution in [0.2, 0.25) is 5.02 Å². The predicted molar refractivity (Wildman–Crippen MR) is 125 cm³/mol. The van der Waals surface area contributed by atoms with Gasteiger partial charge in [-0.05, 0) is 24.3 Å². The van der Waals surface area contributed by atoms with Gasteiger partial charge in [-0.25, -0.2) is 4.98 Å². The Hall–Kier alpha value is -2.55. The number of ether oxygens (including phenoxy) is 2. The van der Waals surface area contributed by atoms with E-state index in [2.05, 4.69) is 21.2 Å². The van der Waals surface area contributed by atoms with Crippen molar-refractivity contribution in [3.63, 3.8) is 0 Å². The smallest absolute Gasteiger partial charge is 0.255 e. The van der Waals surface area contributed by atoms with Crippen molar-refractivity contribution in [2.24, 2.45) is 0 Å². The Kier molecular flexibility index (Phi) is 6.80. The molecule has 0 spiro atoms. The monoisotopic (exact) mass is 460 g/mol. The summed E-state index contributed by atoms with van der Waals surface area (Å²) in [5, 5.41) is 4.70. The van der Waals surface area contributed by atoms with Gasteiger partial charge in [0.2, 0.25) is 0 Å². The number of fused-ring (bicyclic) bond motifs is 1. The molecule has 2 aromatic carbocycles. The molecule has 0 saturated carbocycles. The van der Waals surface area contributed by atoms with Gasteiger partial charge in [-0.1, -0.05) is 29.0 Å². The maximum Gasteiger partial charge on any atom is 0.255 e. The second-order valence-electron chi connectivity index (χ2n) is 7.23. The first kappa shape index (κ1) is 21.7. The fourth-order valence-corrected chi connectivity index (χ4v) is 4.93. The number of hydrogen-bond donors (Lipinski definition) is 1.